The van der Waals surface area contributed by atoms with E-state index in [-0.39, 0.29) is 6.61 Å². The number of rotatable bonds is 6. The smallest absolute Gasteiger partial charge is 0.119 e. The molecule has 0 aliphatic heterocycles. The zero-order valence-electron chi connectivity index (χ0n) is 11.1. The molecule has 102 valence electrons. The Morgan fingerprint density at radius 3 is 2.53 bits per heavy atom. The van der Waals surface area contributed by atoms with Crippen molar-refractivity contribution in [2.75, 3.05) is 13.7 Å². The third-order valence-electron chi connectivity index (χ3n) is 2.83. The summed E-state index contributed by atoms with van der Waals surface area (Å²) in [5, 5.41) is 9.91. The highest BCUT2D eigenvalue weighted by molar-refractivity contribution is 5.31. The van der Waals surface area contributed by atoms with E-state index in [2.05, 4.69) is 4.98 Å². The minimum atomic E-state index is -0.574. The molecule has 0 amide bonds. The molecule has 19 heavy (non-hydrogen) atoms. The molecule has 2 aromatic rings. The molecule has 0 unspecified atom stereocenters. The molecule has 1 atom stereocenters. The molecule has 0 aliphatic carbocycles. The Balaban J connectivity index is 1.82. The lowest BCUT2D eigenvalue weighted by Gasteiger charge is -2.14. The zero-order valence-corrected chi connectivity index (χ0v) is 11.1. The van der Waals surface area contributed by atoms with Crippen LogP contribution >= 0.6 is 0 Å². The van der Waals surface area contributed by atoms with Crippen molar-refractivity contribution in [3.8, 4) is 11.5 Å². The van der Waals surface area contributed by atoms with E-state index >= 15 is 0 Å². The molecule has 0 aliphatic rings. The number of aromatic nitrogens is 2. The van der Waals surface area contributed by atoms with Crippen molar-refractivity contribution >= 4 is 0 Å². The van der Waals surface area contributed by atoms with Crippen LogP contribution in [-0.2, 0) is 6.54 Å². The SMILES string of the molecule is COc1ccc(OC[C@H](O)Cn2ccnc2C)cc1. The van der Waals surface area contributed by atoms with Crippen LogP contribution in [0.3, 0.4) is 0 Å². The highest BCUT2D eigenvalue weighted by atomic mass is 16.5. The van der Waals surface area contributed by atoms with Gasteiger partial charge in [0.25, 0.3) is 0 Å². The second-order valence-corrected chi connectivity index (χ2v) is 4.27. The molecule has 1 aromatic heterocycles. The van der Waals surface area contributed by atoms with Crippen molar-refractivity contribution in [3.05, 3.63) is 42.5 Å². The number of hydrogen-bond donors (Lipinski definition) is 1. The molecule has 0 saturated carbocycles. The predicted molar refractivity (Wildman–Crippen MR) is 71.5 cm³/mol. The van der Waals surface area contributed by atoms with Crippen molar-refractivity contribution in [1.82, 2.24) is 9.55 Å². The quantitative estimate of drug-likeness (QED) is 0.860. The molecule has 0 fully saturated rings. The molecular formula is C14H18N2O3. The number of benzene rings is 1. The van der Waals surface area contributed by atoms with Gasteiger partial charge in [-0.3, -0.25) is 0 Å². The van der Waals surface area contributed by atoms with E-state index in [0.29, 0.717) is 12.3 Å². The van der Waals surface area contributed by atoms with Crippen molar-refractivity contribution < 1.29 is 14.6 Å². The van der Waals surface area contributed by atoms with E-state index in [1.54, 1.807) is 13.3 Å². The second kappa shape index (κ2) is 6.24. The van der Waals surface area contributed by atoms with Crippen LogP contribution in [0.25, 0.3) is 0 Å². The number of aliphatic hydroxyl groups is 1. The van der Waals surface area contributed by atoms with E-state index in [4.69, 9.17) is 9.47 Å². The molecule has 0 radical (unpaired) electrons. The zero-order chi connectivity index (χ0) is 13.7. The maximum Gasteiger partial charge on any atom is 0.119 e. The minimum Gasteiger partial charge on any atom is -0.497 e. The van der Waals surface area contributed by atoms with Gasteiger partial charge in [0.05, 0.1) is 13.7 Å². The molecule has 1 aromatic carbocycles. The fraction of sp³-hybridized carbons (Fsp3) is 0.357. The van der Waals surface area contributed by atoms with Gasteiger partial charge in [0.15, 0.2) is 0 Å². The Morgan fingerprint density at radius 2 is 1.95 bits per heavy atom. The number of ether oxygens (including phenoxy) is 2. The number of methoxy groups -OCH3 is 1. The van der Waals surface area contributed by atoms with Crippen LogP contribution in [-0.4, -0.2) is 34.5 Å². The minimum absolute atomic E-state index is 0.240. The van der Waals surface area contributed by atoms with Crippen molar-refractivity contribution in [2.24, 2.45) is 0 Å². The highest BCUT2D eigenvalue weighted by Gasteiger charge is 2.08. The van der Waals surface area contributed by atoms with E-state index in [1.165, 1.54) is 0 Å². The molecule has 5 heteroatoms. The van der Waals surface area contributed by atoms with Crippen LogP contribution in [0.2, 0.25) is 0 Å². The molecule has 1 N–H and O–H groups in total. The third-order valence-corrected chi connectivity index (χ3v) is 2.83. The van der Waals surface area contributed by atoms with Gasteiger partial charge in [-0.2, -0.15) is 0 Å². The summed E-state index contributed by atoms with van der Waals surface area (Å²) in [5.74, 6) is 2.37. The lowest BCUT2D eigenvalue weighted by atomic mass is 10.3. The first-order valence-electron chi connectivity index (χ1n) is 6.11. The molecule has 1 heterocycles. The van der Waals surface area contributed by atoms with Gasteiger partial charge in [-0.25, -0.2) is 4.98 Å². The summed E-state index contributed by atoms with van der Waals surface area (Å²) in [6.07, 6.45) is 2.98. The second-order valence-electron chi connectivity index (χ2n) is 4.27. The van der Waals surface area contributed by atoms with Crippen LogP contribution < -0.4 is 9.47 Å². The van der Waals surface area contributed by atoms with Crippen LogP contribution in [0.4, 0.5) is 0 Å². The van der Waals surface area contributed by atoms with Crippen molar-refractivity contribution in [1.29, 1.82) is 0 Å². The molecular weight excluding hydrogens is 244 g/mol. The number of aryl methyl sites for hydroxylation is 1. The predicted octanol–water partition coefficient (Wildman–Crippen LogP) is 1.64. The van der Waals surface area contributed by atoms with Gasteiger partial charge >= 0.3 is 0 Å². The summed E-state index contributed by atoms with van der Waals surface area (Å²) in [4.78, 5) is 4.10. The van der Waals surface area contributed by atoms with Gasteiger partial charge < -0.3 is 19.1 Å². The van der Waals surface area contributed by atoms with Gasteiger partial charge in [-0.05, 0) is 31.2 Å². The summed E-state index contributed by atoms with van der Waals surface area (Å²) < 4.78 is 12.5. The fourth-order valence-electron chi connectivity index (χ4n) is 1.74. The fourth-order valence-corrected chi connectivity index (χ4v) is 1.74. The maximum atomic E-state index is 9.91. The Morgan fingerprint density at radius 1 is 1.26 bits per heavy atom. The summed E-state index contributed by atoms with van der Waals surface area (Å²) in [5.41, 5.74) is 0. The van der Waals surface area contributed by atoms with Crippen LogP contribution in [0.5, 0.6) is 11.5 Å². The standard InChI is InChI=1S/C14H18N2O3/c1-11-15-7-8-16(11)9-12(17)10-19-14-5-3-13(18-2)4-6-14/h3-8,12,17H,9-10H2,1-2H3/t12-/m1/s1. The first-order valence-corrected chi connectivity index (χ1v) is 6.11. The van der Waals surface area contributed by atoms with Gasteiger partial charge in [0, 0.05) is 12.4 Å². The van der Waals surface area contributed by atoms with E-state index in [9.17, 15) is 5.11 Å². The largest absolute Gasteiger partial charge is 0.497 e. The Kier molecular flexibility index (Phi) is 4.41. The number of nitrogens with zero attached hydrogens (tertiary/aromatic N) is 2. The number of imidazole rings is 1. The normalized spacial score (nSPS) is 12.2. The first kappa shape index (κ1) is 13.4. The molecule has 0 bridgehead atoms. The number of hydrogen-bond acceptors (Lipinski definition) is 4. The topological polar surface area (TPSA) is 56.5 Å². The average molecular weight is 262 g/mol. The van der Waals surface area contributed by atoms with Crippen molar-refractivity contribution in [3.63, 3.8) is 0 Å². The molecule has 2 rings (SSSR count). The summed E-state index contributed by atoms with van der Waals surface area (Å²) in [6.45, 7) is 2.61. The lowest BCUT2D eigenvalue weighted by molar-refractivity contribution is 0.0919. The Bertz CT molecular complexity index is 508. The van der Waals surface area contributed by atoms with Gasteiger partial charge in [-0.1, -0.05) is 0 Å². The van der Waals surface area contributed by atoms with Gasteiger partial charge in [0.2, 0.25) is 0 Å². The summed E-state index contributed by atoms with van der Waals surface area (Å²) in [6, 6.07) is 7.27. The Hall–Kier alpha value is -2.01. The van der Waals surface area contributed by atoms with Crippen LogP contribution in [0.1, 0.15) is 5.82 Å². The lowest BCUT2D eigenvalue weighted by Crippen LogP contribution is -2.23. The number of aliphatic hydroxyl groups excluding tert-OH is 1. The average Bonchev–Trinajstić information content (AvgIpc) is 2.82. The molecule has 0 saturated heterocycles. The third kappa shape index (κ3) is 3.72. The van der Waals surface area contributed by atoms with E-state index in [1.807, 2.05) is 42.0 Å². The van der Waals surface area contributed by atoms with Gasteiger partial charge in [-0.15, -0.1) is 0 Å². The monoisotopic (exact) mass is 262 g/mol. The first-order chi connectivity index (χ1) is 9.19. The molecule has 5 nitrogen and oxygen atoms in total. The highest BCUT2D eigenvalue weighted by Crippen LogP contribution is 2.17. The van der Waals surface area contributed by atoms with Gasteiger partial charge in [0.1, 0.15) is 30.0 Å². The van der Waals surface area contributed by atoms with Crippen LogP contribution in [0, 0.1) is 6.92 Å². The van der Waals surface area contributed by atoms with E-state index in [0.717, 1.165) is 11.6 Å². The molecule has 0 spiro atoms. The van der Waals surface area contributed by atoms with Crippen LogP contribution in [0.15, 0.2) is 36.7 Å². The van der Waals surface area contributed by atoms with E-state index < -0.39 is 6.10 Å². The van der Waals surface area contributed by atoms with Crippen molar-refractivity contribution in [2.45, 2.75) is 19.6 Å². The Labute approximate surface area is 112 Å². The maximum absolute atomic E-state index is 9.91. The summed E-state index contributed by atoms with van der Waals surface area (Å²) in [7, 11) is 1.62. The summed E-state index contributed by atoms with van der Waals surface area (Å²) >= 11 is 0.